The molecule has 5 nitrogen and oxygen atoms in total. The van der Waals surface area contributed by atoms with E-state index in [1.54, 1.807) is 27.7 Å². The first kappa shape index (κ1) is 16.5. The maximum Gasteiger partial charge on any atom is 0.413 e. The average molecular weight is 311 g/mol. The van der Waals surface area contributed by atoms with Gasteiger partial charge in [0.2, 0.25) is 0 Å². The van der Waals surface area contributed by atoms with Gasteiger partial charge in [-0.3, -0.25) is 4.90 Å². The summed E-state index contributed by atoms with van der Waals surface area (Å²) in [5.74, 6) is -0.484. The van der Waals surface area contributed by atoms with Crippen molar-refractivity contribution in [2.75, 3.05) is 7.11 Å². The van der Waals surface area contributed by atoms with E-state index in [1.807, 2.05) is 0 Å². The molecular formula is C16H22FNO4. The maximum atomic E-state index is 14.0. The van der Waals surface area contributed by atoms with Crippen LogP contribution in [0.5, 0.6) is 5.75 Å². The SMILES string of the molecule is CCC1(O)c2cc(F)c(OC)cc2CN1C(=O)OC(C)(C)C. The lowest BCUT2D eigenvalue weighted by molar-refractivity contribution is -0.107. The lowest BCUT2D eigenvalue weighted by Gasteiger charge is -2.34. The third-order valence-corrected chi connectivity index (χ3v) is 3.69. The number of halogens is 1. The first-order valence-corrected chi connectivity index (χ1v) is 7.22. The Balaban J connectivity index is 2.42. The van der Waals surface area contributed by atoms with Gasteiger partial charge in [0, 0.05) is 5.56 Å². The highest BCUT2D eigenvalue weighted by molar-refractivity contribution is 5.71. The molecule has 1 aliphatic rings. The molecular weight excluding hydrogens is 289 g/mol. The highest BCUT2D eigenvalue weighted by atomic mass is 19.1. The molecule has 0 fully saturated rings. The minimum absolute atomic E-state index is 0.0863. The summed E-state index contributed by atoms with van der Waals surface area (Å²) in [5.41, 5.74) is -1.23. The molecule has 0 spiro atoms. The molecule has 0 bridgehead atoms. The van der Waals surface area contributed by atoms with Crippen LogP contribution in [0.1, 0.15) is 45.2 Å². The molecule has 0 saturated heterocycles. The van der Waals surface area contributed by atoms with Gasteiger partial charge in [-0.25, -0.2) is 9.18 Å². The van der Waals surface area contributed by atoms with E-state index in [-0.39, 0.29) is 18.7 Å². The molecule has 1 amide bonds. The summed E-state index contributed by atoms with van der Waals surface area (Å²) >= 11 is 0. The molecule has 0 saturated carbocycles. The van der Waals surface area contributed by atoms with Crippen LogP contribution in [0.4, 0.5) is 9.18 Å². The number of amides is 1. The van der Waals surface area contributed by atoms with Gasteiger partial charge in [0.15, 0.2) is 17.3 Å². The fraction of sp³-hybridized carbons (Fsp3) is 0.562. The smallest absolute Gasteiger partial charge is 0.413 e. The van der Waals surface area contributed by atoms with Gasteiger partial charge in [0.05, 0.1) is 13.7 Å². The maximum absolute atomic E-state index is 14.0. The van der Waals surface area contributed by atoms with Gasteiger partial charge in [-0.1, -0.05) is 6.92 Å². The van der Waals surface area contributed by atoms with Crippen LogP contribution in [0.15, 0.2) is 12.1 Å². The molecule has 1 atom stereocenters. The normalized spacial score (nSPS) is 20.8. The largest absolute Gasteiger partial charge is 0.494 e. The number of aliphatic hydroxyl groups is 1. The number of fused-ring (bicyclic) bond motifs is 1. The number of ether oxygens (including phenoxy) is 2. The van der Waals surface area contributed by atoms with Crippen molar-refractivity contribution >= 4 is 6.09 Å². The molecule has 122 valence electrons. The number of rotatable bonds is 2. The Hall–Kier alpha value is -1.82. The molecule has 1 aromatic carbocycles. The molecule has 0 aliphatic carbocycles. The second-order valence-electron chi connectivity index (χ2n) is 6.38. The fourth-order valence-electron chi connectivity index (χ4n) is 2.62. The number of benzene rings is 1. The molecule has 0 aromatic heterocycles. The zero-order chi connectivity index (χ0) is 16.7. The van der Waals surface area contributed by atoms with E-state index in [9.17, 15) is 14.3 Å². The Labute approximate surface area is 129 Å². The molecule has 6 heteroatoms. The topological polar surface area (TPSA) is 59.0 Å². The first-order chi connectivity index (χ1) is 10.1. The highest BCUT2D eigenvalue weighted by Gasteiger charge is 2.47. The molecule has 22 heavy (non-hydrogen) atoms. The van der Waals surface area contributed by atoms with E-state index >= 15 is 0 Å². The van der Waals surface area contributed by atoms with Crippen LogP contribution in [0, 0.1) is 5.82 Å². The first-order valence-electron chi connectivity index (χ1n) is 7.22. The van der Waals surface area contributed by atoms with Crippen molar-refractivity contribution in [2.45, 2.75) is 52.0 Å². The monoisotopic (exact) mass is 311 g/mol. The van der Waals surface area contributed by atoms with Crippen LogP contribution in [-0.4, -0.2) is 28.8 Å². The minimum atomic E-state index is -1.58. The number of nitrogens with zero attached hydrogens (tertiary/aromatic N) is 1. The second-order valence-corrected chi connectivity index (χ2v) is 6.38. The Bertz CT molecular complexity index is 597. The highest BCUT2D eigenvalue weighted by Crippen LogP contribution is 2.42. The Morgan fingerprint density at radius 1 is 1.45 bits per heavy atom. The summed E-state index contributed by atoms with van der Waals surface area (Å²) in [6.07, 6.45) is -0.405. The van der Waals surface area contributed by atoms with E-state index in [1.165, 1.54) is 24.1 Å². The number of carbonyl (C=O) groups excluding carboxylic acids is 1. The van der Waals surface area contributed by atoms with Crippen molar-refractivity contribution in [3.05, 3.63) is 29.1 Å². The molecule has 1 unspecified atom stereocenters. The minimum Gasteiger partial charge on any atom is -0.494 e. The van der Waals surface area contributed by atoms with Crippen LogP contribution in [0.3, 0.4) is 0 Å². The molecule has 0 radical (unpaired) electrons. The van der Waals surface area contributed by atoms with Gasteiger partial charge in [-0.15, -0.1) is 0 Å². The average Bonchev–Trinajstić information content (AvgIpc) is 2.70. The third-order valence-electron chi connectivity index (χ3n) is 3.69. The predicted octanol–water partition coefficient (Wildman–Crippen LogP) is 3.14. The van der Waals surface area contributed by atoms with Crippen molar-refractivity contribution < 1.29 is 23.8 Å². The summed E-state index contributed by atoms with van der Waals surface area (Å²) in [4.78, 5) is 13.6. The number of hydrogen-bond acceptors (Lipinski definition) is 4. The van der Waals surface area contributed by atoms with Gasteiger partial charge >= 0.3 is 6.09 Å². The summed E-state index contributed by atoms with van der Waals surface area (Å²) in [6, 6.07) is 2.73. The van der Waals surface area contributed by atoms with Crippen LogP contribution in [0.2, 0.25) is 0 Å². The fourth-order valence-corrected chi connectivity index (χ4v) is 2.62. The predicted molar refractivity (Wildman–Crippen MR) is 78.9 cm³/mol. The van der Waals surface area contributed by atoms with Gasteiger partial charge < -0.3 is 14.6 Å². The van der Waals surface area contributed by atoms with Gasteiger partial charge in [-0.05, 0) is 44.9 Å². The van der Waals surface area contributed by atoms with Crippen LogP contribution < -0.4 is 4.74 Å². The Morgan fingerprint density at radius 2 is 2.09 bits per heavy atom. The summed E-state index contributed by atoms with van der Waals surface area (Å²) in [5, 5.41) is 10.9. The van der Waals surface area contributed by atoms with E-state index in [4.69, 9.17) is 9.47 Å². The molecule has 1 aromatic rings. The van der Waals surface area contributed by atoms with Crippen LogP contribution in [-0.2, 0) is 17.0 Å². The van der Waals surface area contributed by atoms with E-state index in [0.717, 1.165) is 0 Å². The van der Waals surface area contributed by atoms with Crippen molar-refractivity contribution in [2.24, 2.45) is 0 Å². The number of carbonyl (C=O) groups is 1. The zero-order valence-electron chi connectivity index (χ0n) is 13.6. The van der Waals surface area contributed by atoms with Crippen molar-refractivity contribution in [3.63, 3.8) is 0 Å². The van der Waals surface area contributed by atoms with E-state index < -0.39 is 23.2 Å². The number of hydrogen-bond donors (Lipinski definition) is 1. The van der Waals surface area contributed by atoms with E-state index in [0.29, 0.717) is 11.1 Å². The van der Waals surface area contributed by atoms with Gasteiger partial charge in [0.1, 0.15) is 5.60 Å². The molecule has 1 N–H and O–H groups in total. The van der Waals surface area contributed by atoms with Gasteiger partial charge in [-0.2, -0.15) is 0 Å². The molecule has 1 aliphatic heterocycles. The summed E-state index contributed by atoms with van der Waals surface area (Å²) < 4.78 is 24.2. The quantitative estimate of drug-likeness (QED) is 0.911. The third kappa shape index (κ3) is 2.75. The second kappa shape index (κ2) is 5.43. The van der Waals surface area contributed by atoms with Crippen molar-refractivity contribution in [3.8, 4) is 5.75 Å². The summed E-state index contributed by atoms with van der Waals surface area (Å²) in [7, 11) is 1.37. The van der Waals surface area contributed by atoms with Crippen LogP contribution >= 0.6 is 0 Å². The standard InChI is InChI=1S/C16H22FNO4/c1-6-16(20)11-8-12(17)13(21-5)7-10(11)9-18(16)14(19)22-15(2,3)4/h7-8,20H,6,9H2,1-5H3. The Morgan fingerprint density at radius 3 is 2.59 bits per heavy atom. The molecule has 1 heterocycles. The van der Waals surface area contributed by atoms with Crippen molar-refractivity contribution in [1.82, 2.24) is 4.90 Å². The lowest BCUT2D eigenvalue weighted by Crippen LogP contribution is -2.46. The zero-order valence-corrected chi connectivity index (χ0v) is 13.6. The van der Waals surface area contributed by atoms with Crippen molar-refractivity contribution in [1.29, 1.82) is 0 Å². The Kier molecular flexibility index (Phi) is 4.08. The number of methoxy groups -OCH3 is 1. The van der Waals surface area contributed by atoms with Crippen LogP contribution in [0.25, 0.3) is 0 Å². The van der Waals surface area contributed by atoms with Gasteiger partial charge in [0.25, 0.3) is 0 Å². The summed E-state index contributed by atoms with van der Waals surface area (Å²) in [6.45, 7) is 7.13. The molecule has 2 rings (SSSR count). The van der Waals surface area contributed by atoms with E-state index in [2.05, 4.69) is 0 Å². The lowest BCUT2D eigenvalue weighted by atomic mass is 9.98.